The lowest BCUT2D eigenvalue weighted by atomic mass is 10.2. The molecule has 1 aliphatic heterocycles. The fourth-order valence-corrected chi connectivity index (χ4v) is 3.01. The first-order chi connectivity index (χ1) is 12.7. The Morgan fingerprint density at radius 1 is 1.33 bits per heavy atom. The highest BCUT2D eigenvalue weighted by Gasteiger charge is 2.25. The number of aromatic nitrogens is 3. The summed E-state index contributed by atoms with van der Waals surface area (Å²) in [6.07, 6.45) is 4.69. The Morgan fingerprint density at radius 2 is 2.11 bits per heavy atom. The van der Waals surface area contributed by atoms with E-state index in [1.165, 1.54) is 6.33 Å². The molecule has 1 aliphatic rings. The molecule has 2 N–H and O–H groups in total. The molecule has 1 aromatic heterocycles. The van der Waals surface area contributed by atoms with Crippen molar-refractivity contribution in [3.8, 4) is 5.69 Å². The van der Waals surface area contributed by atoms with Crippen LogP contribution in [-0.4, -0.2) is 57.7 Å². The first-order valence-corrected chi connectivity index (χ1v) is 8.88. The van der Waals surface area contributed by atoms with E-state index in [2.05, 4.69) is 37.8 Å². The van der Waals surface area contributed by atoms with E-state index in [4.69, 9.17) is 0 Å². The summed E-state index contributed by atoms with van der Waals surface area (Å²) in [5, 5.41) is 10.8. The first-order valence-electron chi connectivity index (χ1n) is 8.88. The molecule has 0 radical (unpaired) electrons. The van der Waals surface area contributed by atoms with Gasteiger partial charge in [0.15, 0.2) is 5.96 Å². The Morgan fingerprint density at radius 3 is 2.74 bits per heavy atom. The van der Waals surface area contributed by atoms with Crippen LogP contribution in [0.3, 0.4) is 0 Å². The molecule has 0 aliphatic carbocycles. The molecule has 1 fully saturated rings. The maximum Gasteiger partial charge on any atom is 0.222 e. The topological polar surface area (TPSA) is 87.4 Å². The molecule has 0 saturated carbocycles. The lowest BCUT2D eigenvalue weighted by Gasteiger charge is -2.18. The minimum Gasteiger partial charge on any atom is -0.352 e. The Bertz CT molecular complexity index is 746. The summed E-state index contributed by atoms with van der Waals surface area (Å²) < 4.78 is 1.72. The summed E-state index contributed by atoms with van der Waals surface area (Å²) in [5.41, 5.74) is 2.12. The normalized spacial score (nSPS) is 16.7. The highest BCUT2D eigenvalue weighted by atomic mass is 127. The minimum absolute atomic E-state index is 0. The zero-order valence-electron chi connectivity index (χ0n) is 15.6. The number of amides is 1. The van der Waals surface area contributed by atoms with Crippen LogP contribution in [0.5, 0.6) is 0 Å². The van der Waals surface area contributed by atoms with Crippen molar-refractivity contribution in [2.45, 2.75) is 32.4 Å². The highest BCUT2D eigenvalue weighted by molar-refractivity contribution is 14.0. The van der Waals surface area contributed by atoms with Crippen molar-refractivity contribution < 1.29 is 4.79 Å². The zero-order chi connectivity index (χ0) is 18.4. The number of benzene rings is 1. The highest BCUT2D eigenvalue weighted by Crippen LogP contribution is 2.11. The van der Waals surface area contributed by atoms with Crippen molar-refractivity contribution in [2.75, 3.05) is 20.1 Å². The van der Waals surface area contributed by atoms with Crippen LogP contribution < -0.4 is 10.6 Å². The number of hydrogen-bond acceptors (Lipinski definition) is 4. The lowest BCUT2D eigenvalue weighted by molar-refractivity contribution is -0.129. The van der Waals surface area contributed by atoms with Crippen LogP contribution >= 0.6 is 24.0 Å². The van der Waals surface area contributed by atoms with Crippen LogP contribution in [0.25, 0.3) is 5.69 Å². The van der Waals surface area contributed by atoms with Crippen LogP contribution in [0.2, 0.25) is 0 Å². The number of carbonyl (C=O) groups is 1. The second kappa shape index (κ2) is 10.2. The van der Waals surface area contributed by atoms with E-state index in [0.717, 1.165) is 36.7 Å². The number of hydrogen-bond donors (Lipinski definition) is 2. The average molecular weight is 483 g/mol. The third-order valence-corrected chi connectivity index (χ3v) is 4.49. The summed E-state index contributed by atoms with van der Waals surface area (Å²) in [6.45, 7) is 4.12. The number of guanidine groups is 1. The zero-order valence-corrected chi connectivity index (χ0v) is 18.0. The Labute approximate surface area is 176 Å². The molecule has 9 heteroatoms. The second-order valence-corrected chi connectivity index (χ2v) is 6.26. The van der Waals surface area contributed by atoms with E-state index in [1.807, 2.05) is 24.0 Å². The molecule has 2 aromatic rings. The largest absolute Gasteiger partial charge is 0.352 e. The molecule has 1 amide bonds. The summed E-state index contributed by atoms with van der Waals surface area (Å²) in [6, 6.07) is 8.36. The van der Waals surface area contributed by atoms with Gasteiger partial charge >= 0.3 is 0 Å². The summed E-state index contributed by atoms with van der Waals surface area (Å²) in [5.74, 6) is 0.964. The summed E-state index contributed by atoms with van der Waals surface area (Å²) in [4.78, 5) is 21.9. The Kier molecular flexibility index (Phi) is 8.01. The van der Waals surface area contributed by atoms with Crippen LogP contribution in [0.15, 0.2) is 41.9 Å². The standard InChI is InChI=1S/C18H25N7O.HI/c1-3-17(26)24-9-8-15(11-24)23-18(19-2)21-10-14-4-6-16(7-5-14)25-13-20-12-22-25;/h4-7,12-13,15H,3,8-11H2,1-2H3,(H2,19,21,23);1H. The predicted octanol–water partition coefficient (Wildman–Crippen LogP) is 1.56. The third-order valence-electron chi connectivity index (χ3n) is 4.49. The number of aliphatic imine (C=N–C) groups is 1. The number of nitrogens with zero attached hydrogens (tertiary/aromatic N) is 5. The molecule has 0 spiro atoms. The minimum atomic E-state index is 0. The van der Waals surface area contributed by atoms with Gasteiger partial charge in [0.25, 0.3) is 0 Å². The Hall–Kier alpha value is -2.17. The van der Waals surface area contributed by atoms with Gasteiger partial charge in [-0.3, -0.25) is 9.79 Å². The van der Waals surface area contributed by atoms with Crippen molar-refractivity contribution in [3.05, 3.63) is 42.5 Å². The van der Waals surface area contributed by atoms with Gasteiger partial charge in [-0.2, -0.15) is 5.10 Å². The van der Waals surface area contributed by atoms with Gasteiger partial charge in [0.05, 0.1) is 5.69 Å². The molecule has 1 unspecified atom stereocenters. The molecule has 1 atom stereocenters. The number of rotatable bonds is 5. The van der Waals surface area contributed by atoms with E-state index in [1.54, 1.807) is 18.1 Å². The van der Waals surface area contributed by atoms with Crippen LogP contribution in [0.1, 0.15) is 25.3 Å². The van der Waals surface area contributed by atoms with Crippen molar-refractivity contribution in [1.29, 1.82) is 0 Å². The average Bonchev–Trinajstić information content (AvgIpc) is 3.37. The van der Waals surface area contributed by atoms with Crippen molar-refractivity contribution in [2.24, 2.45) is 4.99 Å². The second-order valence-electron chi connectivity index (χ2n) is 6.26. The van der Waals surface area contributed by atoms with Gasteiger partial charge in [-0.1, -0.05) is 19.1 Å². The molecule has 146 valence electrons. The van der Waals surface area contributed by atoms with Gasteiger partial charge in [0.2, 0.25) is 5.91 Å². The molecule has 1 saturated heterocycles. The maximum absolute atomic E-state index is 11.8. The Balaban J connectivity index is 0.00000261. The number of carbonyl (C=O) groups excluding carboxylic acids is 1. The molecule has 0 bridgehead atoms. The number of likely N-dealkylation sites (tertiary alicyclic amines) is 1. The fourth-order valence-electron chi connectivity index (χ4n) is 3.01. The first kappa shape index (κ1) is 21.1. The van der Waals surface area contributed by atoms with Crippen molar-refractivity contribution in [1.82, 2.24) is 30.3 Å². The van der Waals surface area contributed by atoms with Crippen LogP contribution in [-0.2, 0) is 11.3 Å². The number of halogens is 1. The van der Waals surface area contributed by atoms with Gasteiger partial charge in [-0.05, 0) is 24.1 Å². The maximum atomic E-state index is 11.8. The van der Waals surface area contributed by atoms with Crippen molar-refractivity contribution >= 4 is 35.8 Å². The molecule has 3 rings (SSSR count). The van der Waals surface area contributed by atoms with Gasteiger partial charge in [-0.25, -0.2) is 9.67 Å². The summed E-state index contributed by atoms with van der Waals surface area (Å²) >= 11 is 0. The van der Waals surface area contributed by atoms with Gasteiger partial charge in [0, 0.05) is 39.1 Å². The third kappa shape index (κ3) is 5.65. The van der Waals surface area contributed by atoms with E-state index >= 15 is 0 Å². The van der Waals surface area contributed by atoms with Gasteiger partial charge in [-0.15, -0.1) is 24.0 Å². The fraction of sp³-hybridized carbons (Fsp3) is 0.444. The molecule has 1 aromatic carbocycles. The van der Waals surface area contributed by atoms with Gasteiger partial charge < -0.3 is 15.5 Å². The van der Waals surface area contributed by atoms with E-state index in [-0.39, 0.29) is 35.9 Å². The van der Waals surface area contributed by atoms with Gasteiger partial charge in [0.1, 0.15) is 12.7 Å². The SMILES string of the molecule is CCC(=O)N1CCC(NC(=NC)NCc2ccc(-n3cncn3)cc2)C1.I. The van der Waals surface area contributed by atoms with Crippen LogP contribution in [0.4, 0.5) is 0 Å². The smallest absolute Gasteiger partial charge is 0.222 e. The monoisotopic (exact) mass is 483 g/mol. The summed E-state index contributed by atoms with van der Waals surface area (Å²) in [7, 11) is 1.76. The van der Waals surface area contributed by atoms with Crippen LogP contribution in [0, 0.1) is 0 Å². The molecular weight excluding hydrogens is 457 g/mol. The van der Waals surface area contributed by atoms with E-state index in [9.17, 15) is 4.79 Å². The van der Waals surface area contributed by atoms with Crippen molar-refractivity contribution in [3.63, 3.8) is 0 Å². The van der Waals surface area contributed by atoms with E-state index < -0.39 is 0 Å². The predicted molar refractivity (Wildman–Crippen MR) is 115 cm³/mol. The number of nitrogens with one attached hydrogen (secondary N) is 2. The lowest BCUT2D eigenvalue weighted by Crippen LogP contribution is -2.44. The molecule has 8 nitrogen and oxygen atoms in total. The van der Waals surface area contributed by atoms with E-state index in [0.29, 0.717) is 13.0 Å². The molecule has 2 heterocycles. The quantitative estimate of drug-likeness (QED) is 0.383. The molecule has 27 heavy (non-hydrogen) atoms. The molecular formula is C18H26IN7O.